The summed E-state index contributed by atoms with van der Waals surface area (Å²) in [5, 5.41) is 4.91. The molecule has 1 aliphatic carbocycles. The van der Waals surface area contributed by atoms with Gasteiger partial charge in [0.1, 0.15) is 0 Å². The number of hydrogen-bond acceptors (Lipinski definition) is 5. The van der Waals surface area contributed by atoms with Crippen LogP contribution in [0.3, 0.4) is 0 Å². The Morgan fingerprint density at radius 2 is 1.92 bits per heavy atom. The molecule has 1 spiro atoms. The van der Waals surface area contributed by atoms with Gasteiger partial charge in [-0.15, -0.1) is 11.3 Å². The number of carbonyl (C=O) groups excluding carboxylic acids is 1. The van der Waals surface area contributed by atoms with E-state index in [-0.39, 0.29) is 11.3 Å². The van der Waals surface area contributed by atoms with Gasteiger partial charge in [0.25, 0.3) is 0 Å². The molecule has 3 aliphatic heterocycles. The van der Waals surface area contributed by atoms with E-state index in [1.165, 1.54) is 34.1 Å². The van der Waals surface area contributed by atoms with Crippen LogP contribution < -0.4 is 10.2 Å². The molecular weight excluding hydrogens is 476 g/mol. The van der Waals surface area contributed by atoms with Gasteiger partial charge in [-0.2, -0.15) is 0 Å². The Labute approximate surface area is 227 Å². The van der Waals surface area contributed by atoms with Gasteiger partial charge in [-0.05, 0) is 62.3 Å². The van der Waals surface area contributed by atoms with Crippen LogP contribution in [0.2, 0.25) is 0 Å². The zero-order valence-corrected chi connectivity index (χ0v) is 23.6. The maximum absolute atomic E-state index is 14.6. The van der Waals surface area contributed by atoms with E-state index in [2.05, 4.69) is 59.3 Å². The van der Waals surface area contributed by atoms with E-state index in [1.807, 2.05) is 11.3 Å². The smallest absolute Gasteiger partial charge is 0.228 e. The molecule has 6 heteroatoms. The molecule has 0 saturated carbocycles. The summed E-state index contributed by atoms with van der Waals surface area (Å²) in [5.41, 5.74) is 2.66. The average molecular weight is 521 g/mol. The predicted molar refractivity (Wildman–Crippen MR) is 153 cm³/mol. The van der Waals surface area contributed by atoms with E-state index >= 15 is 0 Å². The lowest BCUT2D eigenvalue weighted by Gasteiger charge is -2.46. The van der Waals surface area contributed by atoms with Crippen LogP contribution in [0.4, 0.5) is 5.13 Å². The summed E-state index contributed by atoms with van der Waals surface area (Å²) < 4.78 is 0. The lowest BCUT2D eigenvalue weighted by molar-refractivity contribution is -0.142. The van der Waals surface area contributed by atoms with Crippen molar-refractivity contribution in [1.29, 1.82) is 0 Å². The van der Waals surface area contributed by atoms with Crippen molar-refractivity contribution in [2.24, 2.45) is 11.8 Å². The zero-order valence-electron chi connectivity index (χ0n) is 22.8. The molecule has 4 aliphatic rings. The summed E-state index contributed by atoms with van der Waals surface area (Å²) in [6.45, 7) is 9.51. The summed E-state index contributed by atoms with van der Waals surface area (Å²) in [5.74, 6) is 1.56. The first-order chi connectivity index (χ1) is 18.1. The highest BCUT2D eigenvalue weighted by molar-refractivity contribution is 7.16. The minimum atomic E-state index is -0.0743. The van der Waals surface area contributed by atoms with Crippen molar-refractivity contribution in [1.82, 2.24) is 15.2 Å². The van der Waals surface area contributed by atoms with Gasteiger partial charge in [-0.25, -0.2) is 4.98 Å². The van der Waals surface area contributed by atoms with Crippen molar-refractivity contribution in [2.75, 3.05) is 37.6 Å². The number of aryl methyl sites for hydroxylation is 1. The van der Waals surface area contributed by atoms with Crippen molar-refractivity contribution < 1.29 is 4.79 Å². The third kappa shape index (κ3) is 4.52. The number of benzene rings is 1. The number of carbonyl (C=O) groups is 1. The first-order valence-corrected chi connectivity index (χ1v) is 15.8. The van der Waals surface area contributed by atoms with Gasteiger partial charge < -0.3 is 15.1 Å². The summed E-state index contributed by atoms with van der Waals surface area (Å²) in [4.78, 5) is 26.0. The second-order valence-electron chi connectivity index (χ2n) is 12.0. The molecule has 0 radical (unpaired) electrons. The monoisotopic (exact) mass is 520 g/mol. The van der Waals surface area contributed by atoms with Crippen molar-refractivity contribution in [3.63, 3.8) is 0 Å². The highest BCUT2D eigenvalue weighted by Gasteiger charge is 2.53. The Hall–Kier alpha value is -1.92. The SMILES string of the molecule is CCC(CC)C1CC(c2ccccc2)CCN1C(=O)C1CNCC12CCCc1nc(N3CCCC3)sc12. The van der Waals surface area contributed by atoms with Crippen molar-refractivity contribution in [2.45, 2.75) is 89.0 Å². The van der Waals surface area contributed by atoms with Crippen LogP contribution in [0.25, 0.3) is 0 Å². The quantitative estimate of drug-likeness (QED) is 0.527. The largest absolute Gasteiger partial charge is 0.348 e. The van der Waals surface area contributed by atoms with E-state index in [1.54, 1.807) is 0 Å². The van der Waals surface area contributed by atoms with E-state index in [0.29, 0.717) is 23.8 Å². The number of fused-ring (bicyclic) bond motifs is 2. The third-order valence-electron chi connectivity index (χ3n) is 10.1. The molecule has 6 rings (SSSR count). The first kappa shape index (κ1) is 25.4. The van der Waals surface area contributed by atoms with Crippen molar-refractivity contribution >= 4 is 22.4 Å². The molecule has 1 N–H and O–H groups in total. The molecule has 200 valence electrons. The van der Waals surface area contributed by atoms with E-state index in [4.69, 9.17) is 4.98 Å². The van der Waals surface area contributed by atoms with Gasteiger partial charge in [0.2, 0.25) is 5.91 Å². The van der Waals surface area contributed by atoms with Crippen molar-refractivity contribution in [3.05, 3.63) is 46.5 Å². The highest BCUT2D eigenvalue weighted by Crippen LogP contribution is 2.50. The Morgan fingerprint density at radius 3 is 2.68 bits per heavy atom. The average Bonchev–Trinajstić information content (AvgIpc) is 3.70. The molecule has 0 bridgehead atoms. The second-order valence-corrected chi connectivity index (χ2v) is 12.9. The van der Waals surface area contributed by atoms with E-state index in [9.17, 15) is 4.79 Å². The number of anilines is 1. The second kappa shape index (κ2) is 10.7. The third-order valence-corrected chi connectivity index (χ3v) is 11.5. The topological polar surface area (TPSA) is 48.5 Å². The van der Waals surface area contributed by atoms with Gasteiger partial charge in [0.15, 0.2) is 5.13 Å². The molecule has 4 unspecified atom stereocenters. The van der Waals surface area contributed by atoms with Crippen LogP contribution in [0.1, 0.15) is 87.3 Å². The number of nitrogens with one attached hydrogen (secondary N) is 1. The fourth-order valence-electron chi connectivity index (χ4n) is 7.99. The first-order valence-electron chi connectivity index (χ1n) is 15.0. The van der Waals surface area contributed by atoms with E-state index < -0.39 is 0 Å². The molecule has 37 heavy (non-hydrogen) atoms. The highest BCUT2D eigenvalue weighted by atomic mass is 32.1. The maximum atomic E-state index is 14.6. The Balaban J connectivity index is 1.29. The minimum Gasteiger partial charge on any atom is -0.348 e. The van der Waals surface area contributed by atoms with Crippen LogP contribution in [0.5, 0.6) is 0 Å². The number of aromatic nitrogens is 1. The van der Waals surface area contributed by atoms with E-state index in [0.717, 1.165) is 77.7 Å². The minimum absolute atomic E-state index is 0.0311. The van der Waals surface area contributed by atoms with Crippen LogP contribution >= 0.6 is 11.3 Å². The number of piperidine rings is 1. The van der Waals surface area contributed by atoms with Gasteiger partial charge >= 0.3 is 0 Å². The van der Waals surface area contributed by atoms with Crippen LogP contribution in [0.15, 0.2) is 30.3 Å². The summed E-state index contributed by atoms with van der Waals surface area (Å²) in [6.07, 6.45) is 10.3. The van der Waals surface area contributed by atoms with Gasteiger partial charge in [-0.1, -0.05) is 57.0 Å². The number of thiazole rings is 1. The van der Waals surface area contributed by atoms with Crippen LogP contribution in [-0.2, 0) is 16.6 Å². The summed E-state index contributed by atoms with van der Waals surface area (Å²) in [6, 6.07) is 11.3. The fourth-order valence-corrected chi connectivity index (χ4v) is 9.42. The van der Waals surface area contributed by atoms with Gasteiger partial charge in [-0.3, -0.25) is 4.79 Å². The molecule has 1 aromatic carbocycles. The number of amides is 1. The van der Waals surface area contributed by atoms with Gasteiger partial charge in [0.05, 0.1) is 11.6 Å². The lowest BCUT2D eigenvalue weighted by atomic mass is 9.68. The molecule has 2 aromatic rings. The predicted octanol–water partition coefficient (Wildman–Crippen LogP) is 5.75. The molecule has 1 aromatic heterocycles. The molecule has 4 heterocycles. The normalized spacial score (nSPS) is 29.9. The Bertz CT molecular complexity index is 1080. The standard InChI is InChI=1S/C31H44N4OS/c1-3-22(4-2)27-19-24(23-11-6-5-7-12-23)14-18-35(27)29(36)25-20-32-21-31(25)15-10-13-26-28(31)37-30(33-26)34-16-8-9-17-34/h5-7,11-12,22,24-25,27,32H,3-4,8-10,13-21H2,1-2H3. The molecule has 1 amide bonds. The van der Waals surface area contributed by atoms with Gasteiger partial charge in [0, 0.05) is 49.1 Å². The van der Waals surface area contributed by atoms with Crippen LogP contribution in [0, 0.1) is 11.8 Å². The Kier molecular flexibility index (Phi) is 7.32. The summed E-state index contributed by atoms with van der Waals surface area (Å²) in [7, 11) is 0. The number of hydrogen-bond donors (Lipinski definition) is 1. The number of likely N-dealkylation sites (tertiary alicyclic amines) is 1. The molecule has 3 fully saturated rings. The zero-order chi connectivity index (χ0) is 25.4. The maximum Gasteiger partial charge on any atom is 0.228 e. The Morgan fingerprint density at radius 1 is 1.14 bits per heavy atom. The summed E-state index contributed by atoms with van der Waals surface area (Å²) >= 11 is 1.91. The van der Waals surface area contributed by atoms with Crippen molar-refractivity contribution in [3.8, 4) is 0 Å². The van der Waals surface area contributed by atoms with Crippen LogP contribution in [-0.4, -0.2) is 54.6 Å². The number of nitrogens with zero attached hydrogens (tertiary/aromatic N) is 3. The molecule has 5 nitrogen and oxygen atoms in total. The molecule has 3 saturated heterocycles. The lowest BCUT2D eigenvalue weighted by Crippen LogP contribution is -2.54. The molecule has 4 atom stereocenters. The molecular formula is C31H44N4OS. The number of rotatable bonds is 6. The fraction of sp³-hybridized carbons (Fsp3) is 0.677.